The number of ketones is 2. The van der Waals surface area contributed by atoms with Gasteiger partial charge < -0.3 is 5.11 Å². The molecule has 3 rings (SSSR count). The largest absolute Gasteiger partial charge is 0.506 e. The van der Waals surface area contributed by atoms with Gasteiger partial charge in [-0.1, -0.05) is 47.5 Å². The summed E-state index contributed by atoms with van der Waals surface area (Å²) in [5.41, 5.74) is 0.621. The van der Waals surface area contributed by atoms with E-state index in [1.165, 1.54) is 18.2 Å². The van der Waals surface area contributed by atoms with Crippen molar-refractivity contribution in [2.75, 3.05) is 0 Å². The fourth-order valence-electron chi connectivity index (χ4n) is 2.30. The van der Waals surface area contributed by atoms with E-state index in [-0.39, 0.29) is 27.5 Å². The van der Waals surface area contributed by atoms with Crippen LogP contribution >= 0.6 is 23.2 Å². The second kappa shape index (κ2) is 5.02. The number of hydrogen-bond donors (Lipinski definition) is 1. The van der Waals surface area contributed by atoms with Gasteiger partial charge >= 0.3 is 0 Å². The quantitative estimate of drug-likeness (QED) is 0.802. The zero-order valence-corrected chi connectivity index (χ0v) is 12.1. The molecule has 2 aromatic carbocycles. The first-order valence-corrected chi connectivity index (χ1v) is 6.83. The Morgan fingerprint density at radius 2 is 1.48 bits per heavy atom. The van der Waals surface area contributed by atoms with Crippen molar-refractivity contribution in [3.8, 4) is 0 Å². The Balaban J connectivity index is 2.34. The minimum atomic E-state index is -0.796. The highest BCUT2D eigenvalue weighted by atomic mass is 35.5. The first kappa shape index (κ1) is 13.9. The van der Waals surface area contributed by atoms with E-state index in [2.05, 4.69) is 0 Å². The second-order valence-electron chi connectivity index (χ2n) is 4.55. The molecule has 0 atom stereocenters. The summed E-state index contributed by atoms with van der Waals surface area (Å²) < 4.78 is 0. The zero-order chi connectivity index (χ0) is 15.1. The fraction of sp³-hybridized carbons (Fsp3) is 0. The van der Waals surface area contributed by atoms with Gasteiger partial charge in [-0.2, -0.15) is 0 Å². The van der Waals surface area contributed by atoms with Crippen LogP contribution in [0.15, 0.2) is 42.5 Å². The van der Waals surface area contributed by atoms with Gasteiger partial charge in [0.2, 0.25) is 11.6 Å². The normalized spacial score (nSPS) is 14.4. The maximum atomic E-state index is 12.3. The molecule has 0 spiro atoms. The number of hydrogen-bond acceptors (Lipinski definition) is 3. The first-order chi connectivity index (χ1) is 10.0. The Kier molecular flexibility index (Phi) is 3.32. The first-order valence-electron chi connectivity index (χ1n) is 6.08. The summed E-state index contributed by atoms with van der Waals surface area (Å²) >= 11 is 12.0. The number of Topliss-reactive ketones (excluding diaryl/α,β-unsaturated/α-hetero) is 2. The van der Waals surface area contributed by atoms with Crippen molar-refractivity contribution in [3.05, 3.63) is 69.2 Å². The molecule has 1 aliphatic carbocycles. The number of carbonyl (C=O) groups is 2. The van der Waals surface area contributed by atoms with Gasteiger partial charge in [0.05, 0.1) is 5.57 Å². The molecule has 0 aliphatic heterocycles. The predicted molar refractivity (Wildman–Crippen MR) is 81.7 cm³/mol. The van der Waals surface area contributed by atoms with Gasteiger partial charge in [0.25, 0.3) is 0 Å². The number of aliphatic hydroxyl groups excluding tert-OH is 1. The van der Waals surface area contributed by atoms with Gasteiger partial charge in [-0.3, -0.25) is 9.59 Å². The average Bonchev–Trinajstić information content (AvgIpc) is 2.49. The van der Waals surface area contributed by atoms with Gasteiger partial charge in [-0.25, -0.2) is 0 Å². The monoisotopic (exact) mass is 318 g/mol. The molecule has 0 radical (unpaired) electrons. The molecule has 0 saturated carbocycles. The molecule has 1 aliphatic rings. The molecule has 0 unspecified atom stereocenters. The van der Waals surface area contributed by atoms with E-state index in [9.17, 15) is 14.7 Å². The van der Waals surface area contributed by atoms with Crippen molar-refractivity contribution in [2.45, 2.75) is 0 Å². The van der Waals surface area contributed by atoms with Gasteiger partial charge in [0.1, 0.15) is 5.76 Å². The zero-order valence-electron chi connectivity index (χ0n) is 10.6. The van der Waals surface area contributed by atoms with Crippen molar-refractivity contribution in [2.24, 2.45) is 0 Å². The Bertz CT molecular complexity index is 822. The summed E-state index contributed by atoms with van der Waals surface area (Å²) in [4.78, 5) is 24.5. The summed E-state index contributed by atoms with van der Waals surface area (Å²) in [6, 6.07) is 10.9. The van der Waals surface area contributed by atoms with Gasteiger partial charge in [0.15, 0.2) is 0 Å². The van der Waals surface area contributed by atoms with E-state index in [1.807, 2.05) is 0 Å². The van der Waals surface area contributed by atoms with Crippen LogP contribution in [0.1, 0.15) is 21.5 Å². The third kappa shape index (κ3) is 2.15. The molecule has 5 heteroatoms. The van der Waals surface area contributed by atoms with Crippen LogP contribution in [0.2, 0.25) is 10.0 Å². The summed E-state index contributed by atoms with van der Waals surface area (Å²) in [6.45, 7) is 0. The number of aliphatic hydroxyl groups is 1. The smallest absolute Gasteiger partial charge is 0.237 e. The summed E-state index contributed by atoms with van der Waals surface area (Å²) in [5, 5.41) is 11.0. The Morgan fingerprint density at radius 3 is 2.19 bits per heavy atom. The van der Waals surface area contributed by atoms with Crippen molar-refractivity contribution >= 4 is 46.1 Å². The van der Waals surface area contributed by atoms with E-state index >= 15 is 0 Å². The number of allylic oxidation sites excluding steroid dienone is 1. The summed E-state index contributed by atoms with van der Waals surface area (Å²) in [5.74, 6) is -1.73. The average molecular weight is 319 g/mol. The highest BCUT2D eigenvalue weighted by Crippen LogP contribution is 2.37. The van der Waals surface area contributed by atoms with Crippen LogP contribution < -0.4 is 0 Å². The van der Waals surface area contributed by atoms with Crippen molar-refractivity contribution in [1.29, 1.82) is 0 Å². The lowest BCUT2D eigenvalue weighted by Gasteiger charge is -2.18. The van der Waals surface area contributed by atoms with Crippen LogP contribution in [0.5, 0.6) is 0 Å². The van der Waals surface area contributed by atoms with E-state index in [1.54, 1.807) is 24.3 Å². The van der Waals surface area contributed by atoms with Gasteiger partial charge in [-0.05, 0) is 18.2 Å². The number of benzene rings is 2. The van der Waals surface area contributed by atoms with E-state index in [0.29, 0.717) is 10.6 Å². The fourth-order valence-corrected chi connectivity index (χ4v) is 2.69. The van der Waals surface area contributed by atoms with Crippen molar-refractivity contribution in [1.82, 2.24) is 0 Å². The lowest BCUT2D eigenvalue weighted by Crippen LogP contribution is -2.23. The molecule has 0 heterocycles. The molecule has 21 heavy (non-hydrogen) atoms. The maximum absolute atomic E-state index is 12.3. The molecule has 104 valence electrons. The van der Waals surface area contributed by atoms with Gasteiger partial charge in [-0.15, -0.1) is 0 Å². The molecule has 0 bridgehead atoms. The third-order valence-corrected chi connectivity index (χ3v) is 3.86. The molecule has 0 fully saturated rings. The topological polar surface area (TPSA) is 54.4 Å². The van der Waals surface area contributed by atoms with Crippen LogP contribution in [0.4, 0.5) is 0 Å². The Hall–Kier alpha value is -2.10. The van der Waals surface area contributed by atoms with Crippen LogP contribution in [-0.4, -0.2) is 16.7 Å². The second-order valence-corrected chi connectivity index (χ2v) is 5.40. The van der Waals surface area contributed by atoms with Crippen LogP contribution in [0.25, 0.3) is 11.3 Å². The van der Waals surface area contributed by atoms with Gasteiger partial charge in [0, 0.05) is 26.7 Å². The Labute approximate surface area is 130 Å². The van der Waals surface area contributed by atoms with E-state index < -0.39 is 11.6 Å². The van der Waals surface area contributed by atoms with E-state index in [4.69, 9.17) is 23.2 Å². The molecular formula is C16H8Cl2O3. The van der Waals surface area contributed by atoms with Crippen molar-refractivity contribution < 1.29 is 14.7 Å². The van der Waals surface area contributed by atoms with Crippen LogP contribution in [-0.2, 0) is 4.79 Å². The minimum Gasteiger partial charge on any atom is -0.506 e. The number of carbonyl (C=O) groups excluding carboxylic acids is 2. The highest BCUT2D eigenvalue weighted by Gasteiger charge is 2.34. The lowest BCUT2D eigenvalue weighted by atomic mass is 9.85. The maximum Gasteiger partial charge on any atom is 0.237 e. The minimum absolute atomic E-state index is 0.119. The highest BCUT2D eigenvalue weighted by molar-refractivity contribution is 6.62. The molecule has 3 nitrogen and oxygen atoms in total. The third-order valence-electron chi connectivity index (χ3n) is 3.29. The lowest BCUT2D eigenvalue weighted by molar-refractivity contribution is -0.110. The van der Waals surface area contributed by atoms with Crippen molar-refractivity contribution in [3.63, 3.8) is 0 Å². The van der Waals surface area contributed by atoms with E-state index in [0.717, 1.165) is 0 Å². The summed E-state index contributed by atoms with van der Waals surface area (Å²) in [7, 11) is 0. The molecule has 1 N–H and O–H groups in total. The predicted octanol–water partition coefficient (Wildman–Crippen LogP) is 4.19. The molecule has 0 saturated heterocycles. The summed E-state index contributed by atoms with van der Waals surface area (Å²) in [6.07, 6.45) is 0. The standard InChI is InChI=1S/C16H8Cl2O3/c17-8-5-6-12(18)11(7-8)13-14(19)9-3-1-2-4-10(9)15(20)16(13)21/h1-7,19H. The Morgan fingerprint density at radius 1 is 0.810 bits per heavy atom. The molecular weight excluding hydrogens is 311 g/mol. The van der Waals surface area contributed by atoms with Crippen LogP contribution in [0.3, 0.4) is 0 Å². The molecule has 0 amide bonds. The van der Waals surface area contributed by atoms with Crippen LogP contribution in [0, 0.1) is 0 Å². The number of rotatable bonds is 1. The molecule has 2 aromatic rings. The number of fused-ring (bicyclic) bond motifs is 1. The number of halogens is 2. The molecule has 0 aromatic heterocycles. The SMILES string of the molecule is O=C1C(=O)c2ccccc2C(O)=C1c1cc(Cl)ccc1Cl.